The lowest BCUT2D eigenvalue weighted by Gasteiger charge is -2.21. The zero-order chi connectivity index (χ0) is 21.2. The number of rotatable bonds is 18. The maximum atomic E-state index is 11.8. The highest BCUT2D eigenvalue weighted by Crippen LogP contribution is 2.11. The van der Waals surface area contributed by atoms with Gasteiger partial charge in [-0.05, 0) is 65.5 Å². The molecular weight excluding hydrogens is 366 g/mol. The molecule has 6 heteroatoms. The summed E-state index contributed by atoms with van der Waals surface area (Å²) in [5.74, 6) is 0.285. The van der Waals surface area contributed by atoms with Gasteiger partial charge in [-0.3, -0.25) is 9.59 Å². The zero-order valence-corrected chi connectivity index (χ0v) is 18.5. The van der Waals surface area contributed by atoms with E-state index in [2.05, 4.69) is 27.7 Å². The standard InChI is InChI=1S/C23H41N3O3/c1-3-5-7-9-13-22(27)24-15-11-17-26(19-21-20-29-21)18-12-16-25-23(28)14-10-8-6-4-2/h3-6,21H,7-20H2,1-2H3,(H,24,27)(H,25,28)/b5-3+,6-4+. The van der Waals surface area contributed by atoms with Crippen LogP contribution in [0.15, 0.2) is 24.3 Å². The van der Waals surface area contributed by atoms with Gasteiger partial charge in [-0.1, -0.05) is 24.3 Å². The molecule has 1 rings (SSSR count). The summed E-state index contributed by atoms with van der Waals surface area (Å²) in [6.07, 6.45) is 15.4. The van der Waals surface area contributed by atoms with Crippen LogP contribution in [-0.2, 0) is 14.3 Å². The minimum atomic E-state index is 0.142. The Balaban J connectivity index is 2.09. The average molecular weight is 408 g/mol. The molecule has 2 amide bonds. The van der Waals surface area contributed by atoms with E-state index in [9.17, 15) is 9.59 Å². The minimum absolute atomic E-state index is 0.142. The maximum Gasteiger partial charge on any atom is 0.220 e. The van der Waals surface area contributed by atoms with Crippen LogP contribution in [-0.4, -0.2) is 62.1 Å². The Morgan fingerprint density at radius 1 is 0.897 bits per heavy atom. The summed E-state index contributed by atoms with van der Waals surface area (Å²) in [5, 5.41) is 6.02. The van der Waals surface area contributed by atoms with Crippen molar-refractivity contribution in [2.24, 2.45) is 0 Å². The van der Waals surface area contributed by atoms with E-state index < -0.39 is 0 Å². The number of allylic oxidation sites excluding steroid dienone is 4. The van der Waals surface area contributed by atoms with Crippen LogP contribution in [0.5, 0.6) is 0 Å². The quantitative estimate of drug-likeness (QED) is 0.208. The van der Waals surface area contributed by atoms with E-state index in [1.165, 1.54) is 0 Å². The number of carbonyl (C=O) groups is 2. The summed E-state index contributed by atoms with van der Waals surface area (Å²) in [4.78, 5) is 26.0. The third-order valence-electron chi connectivity index (χ3n) is 4.83. The number of hydrogen-bond acceptors (Lipinski definition) is 4. The molecule has 0 aromatic heterocycles. The van der Waals surface area contributed by atoms with Gasteiger partial charge in [0.2, 0.25) is 11.8 Å². The molecule has 0 aliphatic carbocycles. The first kappa shape index (κ1) is 25.4. The fraction of sp³-hybridized carbons (Fsp3) is 0.739. The largest absolute Gasteiger partial charge is 0.372 e. The predicted octanol–water partition coefficient (Wildman–Crippen LogP) is 3.19. The molecular formula is C23H41N3O3. The summed E-state index contributed by atoms with van der Waals surface area (Å²) >= 11 is 0. The fourth-order valence-corrected chi connectivity index (χ4v) is 3.09. The SMILES string of the molecule is C/C=C/CCCC(=O)NCCCN(CCCNC(=O)CCC/C=C/C)CC1CO1. The molecule has 1 aliphatic rings. The Morgan fingerprint density at radius 3 is 1.79 bits per heavy atom. The Kier molecular flexibility index (Phi) is 15.1. The molecule has 29 heavy (non-hydrogen) atoms. The minimum Gasteiger partial charge on any atom is -0.372 e. The van der Waals surface area contributed by atoms with Crippen molar-refractivity contribution in [3.8, 4) is 0 Å². The molecule has 0 radical (unpaired) electrons. The molecule has 0 aromatic rings. The van der Waals surface area contributed by atoms with Crippen molar-refractivity contribution >= 4 is 11.8 Å². The Bertz CT molecular complexity index is 464. The van der Waals surface area contributed by atoms with Crippen molar-refractivity contribution in [3.63, 3.8) is 0 Å². The molecule has 2 N–H and O–H groups in total. The van der Waals surface area contributed by atoms with E-state index in [4.69, 9.17) is 4.74 Å². The van der Waals surface area contributed by atoms with Gasteiger partial charge in [-0.2, -0.15) is 0 Å². The molecule has 0 saturated carbocycles. The molecule has 1 fully saturated rings. The second-order valence-electron chi connectivity index (χ2n) is 7.59. The van der Waals surface area contributed by atoms with Gasteiger partial charge in [-0.15, -0.1) is 0 Å². The fourth-order valence-electron chi connectivity index (χ4n) is 3.09. The average Bonchev–Trinajstić information content (AvgIpc) is 3.53. The van der Waals surface area contributed by atoms with Crippen molar-refractivity contribution in [3.05, 3.63) is 24.3 Å². The monoisotopic (exact) mass is 407 g/mol. The molecule has 1 aliphatic heterocycles. The van der Waals surface area contributed by atoms with E-state index >= 15 is 0 Å². The summed E-state index contributed by atoms with van der Waals surface area (Å²) in [7, 11) is 0. The van der Waals surface area contributed by atoms with Crippen molar-refractivity contribution < 1.29 is 14.3 Å². The van der Waals surface area contributed by atoms with E-state index in [1.807, 2.05) is 26.0 Å². The number of ether oxygens (including phenoxy) is 1. The molecule has 0 bridgehead atoms. The normalized spacial score (nSPS) is 16.0. The van der Waals surface area contributed by atoms with E-state index in [-0.39, 0.29) is 11.8 Å². The van der Waals surface area contributed by atoms with Crippen LogP contribution in [0.3, 0.4) is 0 Å². The molecule has 1 saturated heterocycles. The van der Waals surface area contributed by atoms with Gasteiger partial charge in [0.05, 0.1) is 12.7 Å². The van der Waals surface area contributed by atoms with Crippen molar-refractivity contribution in [1.82, 2.24) is 15.5 Å². The van der Waals surface area contributed by atoms with Crippen LogP contribution in [0.4, 0.5) is 0 Å². The predicted molar refractivity (Wildman–Crippen MR) is 119 cm³/mol. The Morgan fingerprint density at radius 2 is 1.38 bits per heavy atom. The highest BCUT2D eigenvalue weighted by molar-refractivity contribution is 5.76. The Hall–Kier alpha value is -1.66. The number of carbonyl (C=O) groups excluding carboxylic acids is 2. The summed E-state index contributed by atoms with van der Waals surface area (Å²) in [6.45, 7) is 9.10. The highest BCUT2D eigenvalue weighted by atomic mass is 16.6. The van der Waals surface area contributed by atoms with Gasteiger partial charge >= 0.3 is 0 Å². The summed E-state index contributed by atoms with van der Waals surface area (Å²) < 4.78 is 5.36. The number of nitrogens with one attached hydrogen (secondary N) is 2. The number of hydrogen-bond donors (Lipinski definition) is 2. The van der Waals surface area contributed by atoms with Crippen LogP contribution < -0.4 is 10.6 Å². The lowest BCUT2D eigenvalue weighted by Crippen LogP contribution is -2.34. The molecule has 1 unspecified atom stereocenters. The first-order valence-corrected chi connectivity index (χ1v) is 11.2. The van der Waals surface area contributed by atoms with Crippen LogP contribution in [0.25, 0.3) is 0 Å². The first-order valence-electron chi connectivity index (χ1n) is 11.2. The number of amides is 2. The molecule has 0 spiro atoms. The van der Waals surface area contributed by atoms with Crippen LogP contribution in [0.1, 0.15) is 65.2 Å². The van der Waals surface area contributed by atoms with E-state index in [0.717, 1.165) is 64.8 Å². The van der Waals surface area contributed by atoms with Crippen molar-refractivity contribution in [1.29, 1.82) is 0 Å². The third kappa shape index (κ3) is 15.9. The second kappa shape index (κ2) is 17.2. The van der Waals surface area contributed by atoms with E-state index in [0.29, 0.717) is 32.0 Å². The van der Waals surface area contributed by atoms with Crippen LogP contribution >= 0.6 is 0 Å². The van der Waals surface area contributed by atoms with Gasteiger partial charge in [0.25, 0.3) is 0 Å². The topological polar surface area (TPSA) is 74.0 Å². The number of unbranched alkanes of at least 4 members (excludes halogenated alkanes) is 2. The van der Waals surface area contributed by atoms with Crippen molar-refractivity contribution in [2.45, 2.75) is 71.3 Å². The lowest BCUT2D eigenvalue weighted by atomic mass is 10.2. The first-order chi connectivity index (χ1) is 14.2. The smallest absolute Gasteiger partial charge is 0.220 e. The van der Waals surface area contributed by atoms with Gasteiger partial charge in [-0.25, -0.2) is 0 Å². The van der Waals surface area contributed by atoms with Gasteiger partial charge < -0.3 is 20.3 Å². The molecule has 166 valence electrons. The summed E-state index contributed by atoms with van der Waals surface area (Å²) in [5.41, 5.74) is 0. The molecule has 1 heterocycles. The van der Waals surface area contributed by atoms with Gasteiger partial charge in [0, 0.05) is 32.5 Å². The maximum absolute atomic E-state index is 11.8. The lowest BCUT2D eigenvalue weighted by molar-refractivity contribution is -0.122. The van der Waals surface area contributed by atoms with E-state index in [1.54, 1.807) is 0 Å². The number of epoxide rings is 1. The zero-order valence-electron chi connectivity index (χ0n) is 18.5. The second-order valence-corrected chi connectivity index (χ2v) is 7.59. The highest BCUT2D eigenvalue weighted by Gasteiger charge is 2.25. The number of nitrogens with zero attached hydrogens (tertiary/aromatic N) is 1. The van der Waals surface area contributed by atoms with Crippen molar-refractivity contribution in [2.75, 3.05) is 39.3 Å². The third-order valence-corrected chi connectivity index (χ3v) is 4.83. The molecule has 1 atom stereocenters. The molecule has 0 aromatic carbocycles. The Labute approximate surface area is 177 Å². The van der Waals surface area contributed by atoms with Gasteiger partial charge in [0.1, 0.15) is 0 Å². The van der Waals surface area contributed by atoms with Crippen LogP contribution in [0.2, 0.25) is 0 Å². The van der Waals surface area contributed by atoms with Gasteiger partial charge in [0.15, 0.2) is 0 Å². The molecule has 6 nitrogen and oxygen atoms in total. The van der Waals surface area contributed by atoms with Crippen LogP contribution in [0, 0.1) is 0 Å². The summed E-state index contributed by atoms with van der Waals surface area (Å²) in [6, 6.07) is 0.